The molecule has 2 rings (SSSR count). The summed E-state index contributed by atoms with van der Waals surface area (Å²) < 4.78 is 0. The minimum Gasteiger partial charge on any atom is -0.350 e. The SMILES string of the molecule is Cc1[nH]ncc1C(=O)NCC1CCCCN1. The predicted molar refractivity (Wildman–Crippen MR) is 61.3 cm³/mol. The number of nitrogens with zero attached hydrogens (tertiary/aromatic N) is 1. The van der Waals surface area contributed by atoms with E-state index in [1.54, 1.807) is 6.20 Å². The highest BCUT2D eigenvalue weighted by atomic mass is 16.1. The molecule has 0 radical (unpaired) electrons. The van der Waals surface area contributed by atoms with E-state index in [-0.39, 0.29) is 5.91 Å². The zero-order valence-electron chi connectivity index (χ0n) is 9.55. The van der Waals surface area contributed by atoms with E-state index in [1.165, 1.54) is 12.8 Å². The van der Waals surface area contributed by atoms with Gasteiger partial charge in [0.15, 0.2) is 0 Å². The van der Waals surface area contributed by atoms with Crippen molar-refractivity contribution < 1.29 is 4.79 Å². The van der Waals surface area contributed by atoms with Crippen LogP contribution in [0.1, 0.15) is 35.3 Å². The fourth-order valence-corrected chi connectivity index (χ4v) is 1.99. The molecule has 1 aromatic rings. The number of piperidine rings is 1. The van der Waals surface area contributed by atoms with Crippen molar-refractivity contribution in [3.63, 3.8) is 0 Å². The van der Waals surface area contributed by atoms with Gasteiger partial charge in [0.25, 0.3) is 5.91 Å². The summed E-state index contributed by atoms with van der Waals surface area (Å²) in [6, 6.07) is 0.421. The molecule has 16 heavy (non-hydrogen) atoms. The third-order valence-corrected chi connectivity index (χ3v) is 3.00. The van der Waals surface area contributed by atoms with Crippen LogP contribution in [0, 0.1) is 6.92 Å². The number of carbonyl (C=O) groups is 1. The Labute approximate surface area is 95.0 Å². The van der Waals surface area contributed by atoms with Crippen molar-refractivity contribution in [3.8, 4) is 0 Å². The Morgan fingerprint density at radius 1 is 1.62 bits per heavy atom. The Morgan fingerprint density at radius 3 is 3.12 bits per heavy atom. The van der Waals surface area contributed by atoms with Gasteiger partial charge in [-0.15, -0.1) is 0 Å². The molecule has 1 amide bonds. The van der Waals surface area contributed by atoms with E-state index < -0.39 is 0 Å². The van der Waals surface area contributed by atoms with Crippen LogP contribution >= 0.6 is 0 Å². The average Bonchev–Trinajstić information content (AvgIpc) is 2.74. The van der Waals surface area contributed by atoms with Gasteiger partial charge in [-0.3, -0.25) is 9.89 Å². The number of carbonyl (C=O) groups excluding carboxylic acids is 1. The maximum absolute atomic E-state index is 11.8. The third-order valence-electron chi connectivity index (χ3n) is 3.00. The molecule has 1 atom stereocenters. The Hall–Kier alpha value is -1.36. The molecular formula is C11H18N4O. The van der Waals surface area contributed by atoms with Crippen molar-refractivity contribution in [1.82, 2.24) is 20.8 Å². The second kappa shape index (κ2) is 5.12. The number of hydrogen-bond acceptors (Lipinski definition) is 3. The molecule has 5 nitrogen and oxygen atoms in total. The number of hydrogen-bond donors (Lipinski definition) is 3. The molecule has 5 heteroatoms. The molecule has 1 aliphatic rings. The van der Waals surface area contributed by atoms with Crippen LogP contribution in [-0.2, 0) is 0 Å². The second-order valence-electron chi connectivity index (χ2n) is 4.27. The highest BCUT2D eigenvalue weighted by Gasteiger charge is 2.15. The normalized spacial score (nSPS) is 20.7. The summed E-state index contributed by atoms with van der Waals surface area (Å²) in [6.45, 7) is 3.61. The Bertz CT molecular complexity index is 355. The van der Waals surface area contributed by atoms with Gasteiger partial charge < -0.3 is 10.6 Å². The summed E-state index contributed by atoms with van der Waals surface area (Å²) in [4.78, 5) is 11.8. The summed E-state index contributed by atoms with van der Waals surface area (Å²) in [5.41, 5.74) is 1.45. The molecule has 0 saturated carbocycles. The molecule has 88 valence electrons. The van der Waals surface area contributed by atoms with E-state index in [1.807, 2.05) is 6.92 Å². The molecule has 0 spiro atoms. The van der Waals surface area contributed by atoms with Gasteiger partial charge in [0, 0.05) is 18.3 Å². The van der Waals surface area contributed by atoms with Crippen molar-refractivity contribution >= 4 is 5.91 Å². The molecule has 2 heterocycles. The van der Waals surface area contributed by atoms with Crippen molar-refractivity contribution in [2.75, 3.05) is 13.1 Å². The number of aromatic nitrogens is 2. The summed E-state index contributed by atoms with van der Waals surface area (Å²) in [5, 5.41) is 12.9. The molecule has 0 bridgehead atoms. The topological polar surface area (TPSA) is 69.8 Å². The molecule has 1 unspecified atom stereocenters. The smallest absolute Gasteiger partial charge is 0.254 e. The first kappa shape index (κ1) is 11.1. The summed E-state index contributed by atoms with van der Waals surface area (Å²) in [7, 11) is 0. The fraction of sp³-hybridized carbons (Fsp3) is 0.636. The lowest BCUT2D eigenvalue weighted by Gasteiger charge is -2.23. The second-order valence-corrected chi connectivity index (χ2v) is 4.27. The van der Waals surface area contributed by atoms with E-state index in [9.17, 15) is 4.79 Å². The highest BCUT2D eigenvalue weighted by molar-refractivity contribution is 5.94. The Morgan fingerprint density at radius 2 is 2.50 bits per heavy atom. The molecule has 1 aromatic heterocycles. The number of H-pyrrole nitrogens is 1. The molecule has 1 saturated heterocycles. The first-order valence-electron chi connectivity index (χ1n) is 5.79. The lowest BCUT2D eigenvalue weighted by atomic mass is 10.1. The zero-order chi connectivity index (χ0) is 11.4. The summed E-state index contributed by atoms with van der Waals surface area (Å²) in [5.74, 6) is -0.0429. The molecule has 1 fully saturated rings. The quantitative estimate of drug-likeness (QED) is 0.701. The van der Waals surface area contributed by atoms with E-state index in [4.69, 9.17) is 0 Å². The van der Waals surface area contributed by atoms with Gasteiger partial charge in [-0.1, -0.05) is 6.42 Å². The van der Waals surface area contributed by atoms with Crippen molar-refractivity contribution in [1.29, 1.82) is 0 Å². The van der Waals surface area contributed by atoms with Crippen LogP contribution in [0.5, 0.6) is 0 Å². The van der Waals surface area contributed by atoms with Crippen molar-refractivity contribution in [2.45, 2.75) is 32.2 Å². The summed E-state index contributed by atoms with van der Waals surface area (Å²) >= 11 is 0. The van der Waals surface area contributed by atoms with E-state index in [0.717, 1.165) is 18.7 Å². The molecule has 1 aliphatic heterocycles. The van der Waals surface area contributed by atoms with Gasteiger partial charge in [-0.25, -0.2) is 0 Å². The Kier molecular flexibility index (Phi) is 3.56. The van der Waals surface area contributed by atoms with E-state index in [0.29, 0.717) is 18.2 Å². The minimum atomic E-state index is -0.0429. The number of aromatic amines is 1. The highest BCUT2D eigenvalue weighted by Crippen LogP contribution is 2.06. The standard InChI is InChI=1S/C11H18N4O/c1-8-10(7-14-15-8)11(16)13-6-9-4-2-3-5-12-9/h7,9,12H,2-6H2,1H3,(H,13,16)(H,14,15). The monoisotopic (exact) mass is 222 g/mol. The maximum atomic E-state index is 11.8. The van der Waals surface area contributed by atoms with E-state index >= 15 is 0 Å². The van der Waals surface area contributed by atoms with Crippen LogP contribution in [0.3, 0.4) is 0 Å². The largest absolute Gasteiger partial charge is 0.350 e. The van der Waals surface area contributed by atoms with Gasteiger partial charge in [0.05, 0.1) is 11.8 Å². The van der Waals surface area contributed by atoms with Crippen LogP contribution in [0.25, 0.3) is 0 Å². The van der Waals surface area contributed by atoms with Crippen LogP contribution in [0.15, 0.2) is 6.20 Å². The zero-order valence-corrected chi connectivity index (χ0v) is 9.55. The first-order valence-corrected chi connectivity index (χ1v) is 5.79. The van der Waals surface area contributed by atoms with Gasteiger partial charge in [0.1, 0.15) is 0 Å². The summed E-state index contributed by atoms with van der Waals surface area (Å²) in [6.07, 6.45) is 5.20. The van der Waals surface area contributed by atoms with E-state index in [2.05, 4.69) is 20.8 Å². The van der Waals surface area contributed by atoms with Gasteiger partial charge >= 0.3 is 0 Å². The van der Waals surface area contributed by atoms with Crippen LogP contribution in [-0.4, -0.2) is 35.2 Å². The predicted octanol–water partition coefficient (Wildman–Crippen LogP) is 0.590. The minimum absolute atomic E-state index is 0.0429. The molecular weight excluding hydrogens is 204 g/mol. The van der Waals surface area contributed by atoms with Gasteiger partial charge in [-0.2, -0.15) is 5.10 Å². The first-order chi connectivity index (χ1) is 7.77. The lowest BCUT2D eigenvalue weighted by Crippen LogP contribution is -2.43. The number of nitrogens with one attached hydrogen (secondary N) is 3. The van der Waals surface area contributed by atoms with Crippen molar-refractivity contribution in [3.05, 3.63) is 17.5 Å². The molecule has 3 N–H and O–H groups in total. The fourth-order valence-electron chi connectivity index (χ4n) is 1.99. The van der Waals surface area contributed by atoms with Crippen LogP contribution in [0.4, 0.5) is 0 Å². The number of rotatable bonds is 3. The Balaban J connectivity index is 1.81. The van der Waals surface area contributed by atoms with Gasteiger partial charge in [0.2, 0.25) is 0 Å². The molecule has 0 aliphatic carbocycles. The number of amides is 1. The van der Waals surface area contributed by atoms with Crippen LogP contribution < -0.4 is 10.6 Å². The average molecular weight is 222 g/mol. The molecule has 0 aromatic carbocycles. The lowest BCUT2D eigenvalue weighted by molar-refractivity contribution is 0.0947. The van der Waals surface area contributed by atoms with Gasteiger partial charge in [-0.05, 0) is 26.3 Å². The number of aryl methyl sites for hydroxylation is 1. The third kappa shape index (κ3) is 2.61. The van der Waals surface area contributed by atoms with Crippen molar-refractivity contribution in [2.24, 2.45) is 0 Å². The van der Waals surface area contributed by atoms with Crippen LogP contribution in [0.2, 0.25) is 0 Å². The maximum Gasteiger partial charge on any atom is 0.254 e.